The Kier molecular flexibility index (Phi) is 9.72. The first kappa shape index (κ1) is 16.4. The summed E-state index contributed by atoms with van der Waals surface area (Å²) in [6, 6.07) is 0.762. The highest BCUT2D eigenvalue weighted by Gasteiger charge is 2.11. The molecule has 0 aliphatic heterocycles. The molecule has 0 aromatic heterocycles. The molecular weight excluding hydrogens is 240 g/mol. The highest BCUT2D eigenvalue weighted by Crippen LogP contribution is 2.16. The van der Waals surface area contributed by atoms with Gasteiger partial charge < -0.3 is 15.4 Å². The number of hydrogen-bond acceptors (Lipinski definition) is 4. The molecule has 1 aliphatic carbocycles. The Bertz CT molecular complexity index is 228. The summed E-state index contributed by atoms with van der Waals surface area (Å²) in [5, 5.41) is 7.01. The van der Waals surface area contributed by atoms with Gasteiger partial charge in [0.25, 0.3) is 0 Å². The van der Waals surface area contributed by atoms with E-state index in [1.807, 2.05) is 6.92 Å². The van der Waals surface area contributed by atoms with Gasteiger partial charge in [0.05, 0.1) is 6.61 Å². The van der Waals surface area contributed by atoms with Gasteiger partial charge in [-0.2, -0.15) is 0 Å². The van der Waals surface area contributed by atoms with E-state index in [-0.39, 0.29) is 5.97 Å². The van der Waals surface area contributed by atoms with Gasteiger partial charge in [-0.25, -0.2) is 0 Å². The van der Waals surface area contributed by atoms with Gasteiger partial charge in [0, 0.05) is 12.5 Å². The molecule has 1 aliphatic rings. The highest BCUT2D eigenvalue weighted by atomic mass is 16.5. The zero-order valence-corrected chi connectivity index (χ0v) is 12.4. The maximum Gasteiger partial charge on any atom is 0.305 e. The quantitative estimate of drug-likeness (QED) is 0.472. The number of carbonyl (C=O) groups is 1. The molecule has 0 bridgehead atoms. The Balaban J connectivity index is 1.79. The zero-order valence-electron chi connectivity index (χ0n) is 12.4. The van der Waals surface area contributed by atoms with Crippen molar-refractivity contribution in [3.8, 4) is 0 Å². The molecule has 0 aromatic rings. The topological polar surface area (TPSA) is 50.4 Å². The predicted molar refractivity (Wildman–Crippen MR) is 78.2 cm³/mol. The van der Waals surface area contributed by atoms with Crippen LogP contribution in [0.25, 0.3) is 0 Å². The number of nitrogens with one attached hydrogen (secondary N) is 2. The van der Waals surface area contributed by atoms with E-state index in [4.69, 9.17) is 4.74 Å². The van der Waals surface area contributed by atoms with Crippen molar-refractivity contribution >= 4 is 5.97 Å². The second-order valence-electron chi connectivity index (χ2n) is 5.30. The summed E-state index contributed by atoms with van der Waals surface area (Å²) in [7, 11) is 0. The van der Waals surface area contributed by atoms with E-state index in [0.29, 0.717) is 13.0 Å². The van der Waals surface area contributed by atoms with Gasteiger partial charge in [-0.3, -0.25) is 4.79 Å². The normalized spacial score (nSPS) is 16.5. The monoisotopic (exact) mass is 270 g/mol. The number of rotatable bonds is 10. The van der Waals surface area contributed by atoms with Crippen LogP contribution < -0.4 is 10.6 Å². The molecule has 0 unspecified atom stereocenters. The van der Waals surface area contributed by atoms with Crippen LogP contribution in [-0.4, -0.2) is 38.3 Å². The van der Waals surface area contributed by atoms with Crippen LogP contribution >= 0.6 is 0 Å². The Labute approximate surface area is 117 Å². The van der Waals surface area contributed by atoms with E-state index in [1.54, 1.807) is 0 Å². The SMILES string of the molecule is CCOC(=O)CCCNCCCNC1CCCCC1. The van der Waals surface area contributed by atoms with Crippen molar-refractivity contribution in [3.63, 3.8) is 0 Å². The van der Waals surface area contributed by atoms with Crippen LogP contribution in [0.3, 0.4) is 0 Å². The second-order valence-corrected chi connectivity index (χ2v) is 5.30. The molecule has 0 atom stereocenters. The van der Waals surface area contributed by atoms with Crippen molar-refractivity contribution in [2.75, 3.05) is 26.2 Å². The maximum atomic E-state index is 11.1. The van der Waals surface area contributed by atoms with Gasteiger partial charge in [-0.1, -0.05) is 19.3 Å². The van der Waals surface area contributed by atoms with Crippen molar-refractivity contribution in [1.29, 1.82) is 0 Å². The fraction of sp³-hybridized carbons (Fsp3) is 0.933. The molecule has 0 radical (unpaired) electrons. The van der Waals surface area contributed by atoms with Crippen LogP contribution in [0.2, 0.25) is 0 Å². The average Bonchev–Trinajstić information content (AvgIpc) is 2.43. The van der Waals surface area contributed by atoms with Crippen molar-refractivity contribution in [2.24, 2.45) is 0 Å². The van der Waals surface area contributed by atoms with Crippen LogP contribution in [0.4, 0.5) is 0 Å². The van der Waals surface area contributed by atoms with Gasteiger partial charge >= 0.3 is 5.97 Å². The van der Waals surface area contributed by atoms with Crippen LogP contribution in [0.15, 0.2) is 0 Å². The molecule has 0 amide bonds. The molecule has 1 saturated carbocycles. The van der Waals surface area contributed by atoms with Crippen molar-refractivity contribution in [1.82, 2.24) is 10.6 Å². The summed E-state index contributed by atoms with van der Waals surface area (Å²) in [6.45, 7) is 5.37. The van der Waals surface area contributed by atoms with Gasteiger partial charge in [-0.15, -0.1) is 0 Å². The number of esters is 1. The smallest absolute Gasteiger partial charge is 0.305 e. The molecule has 0 spiro atoms. The lowest BCUT2D eigenvalue weighted by atomic mass is 9.95. The van der Waals surface area contributed by atoms with Crippen LogP contribution in [0.1, 0.15) is 58.3 Å². The molecule has 4 heteroatoms. The van der Waals surface area contributed by atoms with E-state index in [1.165, 1.54) is 32.1 Å². The highest BCUT2D eigenvalue weighted by molar-refractivity contribution is 5.69. The van der Waals surface area contributed by atoms with Gasteiger partial charge in [-0.05, 0) is 52.2 Å². The fourth-order valence-electron chi connectivity index (χ4n) is 2.54. The molecule has 0 heterocycles. The first-order valence-electron chi connectivity index (χ1n) is 7.92. The molecule has 4 nitrogen and oxygen atoms in total. The minimum Gasteiger partial charge on any atom is -0.466 e. The van der Waals surface area contributed by atoms with E-state index >= 15 is 0 Å². The summed E-state index contributed by atoms with van der Waals surface area (Å²) < 4.78 is 4.88. The summed E-state index contributed by atoms with van der Waals surface area (Å²) in [5.74, 6) is -0.0803. The standard InChI is InChI=1S/C15H30N2O2/c1-2-19-15(18)10-6-11-16-12-7-13-17-14-8-4-3-5-9-14/h14,16-17H,2-13H2,1H3. The minimum atomic E-state index is -0.0803. The number of hydrogen-bond donors (Lipinski definition) is 2. The molecular formula is C15H30N2O2. The van der Waals surface area contributed by atoms with Gasteiger partial charge in [0.1, 0.15) is 0 Å². The van der Waals surface area contributed by atoms with Crippen molar-refractivity contribution < 1.29 is 9.53 Å². The maximum absolute atomic E-state index is 11.1. The van der Waals surface area contributed by atoms with Crippen molar-refractivity contribution in [3.05, 3.63) is 0 Å². The fourth-order valence-corrected chi connectivity index (χ4v) is 2.54. The molecule has 2 N–H and O–H groups in total. The summed E-state index contributed by atoms with van der Waals surface area (Å²) >= 11 is 0. The lowest BCUT2D eigenvalue weighted by Gasteiger charge is -2.22. The molecule has 0 aromatic carbocycles. The number of ether oxygens (including phenoxy) is 1. The van der Waals surface area contributed by atoms with E-state index in [9.17, 15) is 4.79 Å². The molecule has 0 saturated heterocycles. The summed E-state index contributed by atoms with van der Waals surface area (Å²) in [4.78, 5) is 11.1. The van der Waals surface area contributed by atoms with Gasteiger partial charge in [0.15, 0.2) is 0 Å². The van der Waals surface area contributed by atoms with Gasteiger partial charge in [0.2, 0.25) is 0 Å². The first-order valence-corrected chi connectivity index (χ1v) is 7.92. The van der Waals surface area contributed by atoms with E-state index in [0.717, 1.165) is 38.5 Å². The van der Waals surface area contributed by atoms with E-state index < -0.39 is 0 Å². The Morgan fingerprint density at radius 3 is 2.58 bits per heavy atom. The summed E-state index contributed by atoms with van der Waals surface area (Å²) in [5.41, 5.74) is 0. The Morgan fingerprint density at radius 1 is 1.11 bits per heavy atom. The molecule has 1 fully saturated rings. The van der Waals surface area contributed by atoms with Crippen molar-refractivity contribution in [2.45, 2.75) is 64.3 Å². The largest absolute Gasteiger partial charge is 0.466 e. The predicted octanol–water partition coefficient (Wildman–Crippen LogP) is 2.23. The second kappa shape index (κ2) is 11.2. The first-order chi connectivity index (χ1) is 9.33. The lowest BCUT2D eigenvalue weighted by Crippen LogP contribution is -2.33. The van der Waals surface area contributed by atoms with Crippen LogP contribution in [-0.2, 0) is 9.53 Å². The van der Waals surface area contributed by atoms with E-state index in [2.05, 4.69) is 10.6 Å². The minimum absolute atomic E-state index is 0.0803. The Hall–Kier alpha value is -0.610. The average molecular weight is 270 g/mol. The van der Waals surface area contributed by atoms with Crippen LogP contribution in [0.5, 0.6) is 0 Å². The third kappa shape index (κ3) is 9.00. The molecule has 19 heavy (non-hydrogen) atoms. The molecule has 112 valence electrons. The zero-order chi connectivity index (χ0) is 13.8. The Morgan fingerprint density at radius 2 is 1.84 bits per heavy atom. The number of carbonyl (C=O) groups excluding carboxylic acids is 1. The molecule has 1 rings (SSSR count). The third-order valence-corrected chi connectivity index (χ3v) is 3.61. The summed E-state index contributed by atoms with van der Waals surface area (Å²) in [6.07, 6.45) is 9.47. The third-order valence-electron chi connectivity index (χ3n) is 3.61. The van der Waals surface area contributed by atoms with Crippen LogP contribution in [0, 0.1) is 0 Å². The lowest BCUT2D eigenvalue weighted by molar-refractivity contribution is -0.143.